The zero-order valence-corrected chi connectivity index (χ0v) is 14.1. The third-order valence-electron chi connectivity index (χ3n) is 5.08. The number of benzene rings is 1. The smallest absolute Gasteiger partial charge is 0.251 e. The Balaban J connectivity index is 1.52. The van der Waals surface area contributed by atoms with Gasteiger partial charge in [0.05, 0.1) is 5.60 Å². The standard InChI is InChI=1S/C19H28N2O2/c1-2-10-20-18(22)16-6-3-5-15(12-16)14-21-17-7-11-23-19(13-17)8-4-9-19/h3,5-6,12,17,21H,2,4,7-11,13-14H2,1H3,(H,20,22). The fourth-order valence-corrected chi connectivity index (χ4v) is 3.55. The number of hydrogen-bond acceptors (Lipinski definition) is 3. The van der Waals surface area contributed by atoms with Crippen LogP contribution in [0.4, 0.5) is 0 Å². The van der Waals surface area contributed by atoms with E-state index in [1.54, 1.807) is 0 Å². The van der Waals surface area contributed by atoms with Crippen LogP contribution in [0.25, 0.3) is 0 Å². The quantitative estimate of drug-likeness (QED) is 0.848. The topological polar surface area (TPSA) is 50.4 Å². The van der Waals surface area contributed by atoms with Crippen molar-refractivity contribution in [3.63, 3.8) is 0 Å². The van der Waals surface area contributed by atoms with Gasteiger partial charge in [0.15, 0.2) is 0 Å². The molecule has 1 aromatic carbocycles. The third kappa shape index (κ3) is 4.12. The molecule has 2 fully saturated rings. The molecule has 1 unspecified atom stereocenters. The van der Waals surface area contributed by atoms with Gasteiger partial charge in [-0.2, -0.15) is 0 Å². The van der Waals surface area contributed by atoms with Gasteiger partial charge in [-0.25, -0.2) is 0 Å². The molecule has 1 aliphatic carbocycles. The summed E-state index contributed by atoms with van der Waals surface area (Å²) in [5.74, 6) is 0.0215. The first-order chi connectivity index (χ1) is 11.2. The summed E-state index contributed by atoms with van der Waals surface area (Å²) in [5, 5.41) is 6.59. The predicted molar refractivity (Wildman–Crippen MR) is 91.5 cm³/mol. The fourth-order valence-electron chi connectivity index (χ4n) is 3.55. The van der Waals surface area contributed by atoms with Crippen LogP contribution in [-0.4, -0.2) is 30.7 Å². The van der Waals surface area contributed by atoms with Gasteiger partial charge < -0.3 is 15.4 Å². The molecular weight excluding hydrogens is 288 g/mol. The number of carbonyl (C=O) groups is 1. The molecule has 1 amide bonds. The lowest BCUT2D eigenvalue weighted by Gasteiger charge is -2.47. The minimum atomic E-state index is 0.0215. The number of rotatable bonds is 6. The molecule has 2 aliphatic rings. The Morgan fingerprint density at radius 3 is 3.00 bits per heavy atom. The minimum absolute atomic E-state index is 0.0215. The first kappa shape index (κ1) is 16.5. The zero-order chi connectivity index (χ0) is 16.1. The predicted octanol–water partition coefficient (Wildman–Crippen LogP) is 3.02. The first-order valence-electron chi connectivity index (χ1n) is 8.95. The van der Waals surface area contributed by atoms with Crippen molar-refractivity contribution in [2.24, 2.45) is 0 Å². The van der Waals surface area contributed by atoms with Gasteiger partial charge in [-0.15, -0.1) is 0 Å². The second-order valence-corrected chi connectivity index (χ2v) is 6.91. The van der Waals surface area contributed by atoms with Gasteiger partial charge in [0.25, 0.3) is 5.91 Å². The molecule has 4 heteroatoms. The Morgan fingerprint density at radius 2 is 2.26 bits per heavy atom. The Morgan fingerprint density at radius 1 is 1.39 bits per heavy atom. The summed E-state index contributed by atoms with van der Waals surface area (Å²) in [6.45, 7) is 4.47. The number of ether oxygens (including phenoxy) is 1. The third-order valence-corrected chi connectivity index (χ3v) is 5.08. The van der Waals surface area contributed by atoms with Gasteiger partial charge in [0, 0.05) is 31.3 Å². The van der Waals surface area contributed by atoms with E-state index in [9.17, 15) is 4.79 Å². The molecule has 1 saturated heterocycles. The lowest BCUT2D eigenvalue weighted by molar-refractivity contribution is -0.135. The van der Waals surface area contributed by atoms with Crippen LogP contribution in [0, 0.1) is 0 Å². The normalized spacial score (nSPS) is 22.6. The number of amides is 1. The summed E-state index contributed by atoms with van der Waals surface area (Å²) in [7, 11) is 0. The molecule has 0 aromatic heterocycles. The van der Waals surface area contributed by atoms with E-state index in [1.807, 2.05) is 18.2 Å². The lowest BCUT2D eigenvalue weighted by atomic mass is 9.74. The lowest BCUT2D eigenvalue weighted by Crippen LogP contribution is -2.50. The summed E-state index contributed by atoms with van der Waals surface area (Å²) in [5.41, 5.74) is 2.10. The fraction of sp³-hybridized carbons (Fsp3) is 0.632. The Labute approximate surface area is 139 Å². The molecule has 1 spiro atoms. The van der Waals surface area contributed by atoms with Crippen molar-refractivity contribution in [1.82, 2.24) is 10.6 Å². The van der Waals surface area contributed by atoms with Crippen LogP contribution in [0.1, 0.15) is 61.4 Å². The highest BCUT2D eigenvalue weighted by atomic mass is 16.5. The van der Waals surface area contributed by atoms with Crippen LogP contribution in [-0.2, 0) is 11.3 Å². The second-order valence-electron chi connectivity index (χ2n) is 6.91. The SMILES string of the molecule is CCCNC(=O)c1cccc(CNC2CCOC3(CCC3)C2)c1. The van der Waals surface area contributed by atoms with Gasteiger partial charge in [-0.3, -0.25) is 4.79 Å². The van der Waals surface area contributed by atoms with Crippen molar-refractivity contribution < 1.29 is 9.53 Å². The Bertz CT molecular complexity index is 540. The molecule has 126 valence electrons. The first-order valence-corrected chi connectivity index (χ1v) is 8.95. The molecule has 0 radical (unpaired) electrons. The number of nitrogens with one attached hydrogen (secondary N) is 2. The molecule has 3 rings (SSSR count). The van der Waals surface area contributed by atoms with E-state index in [0.717, 1.165) is 44.5 Å². The van der Waals surface area contributed by atoms with Gasteiger partial charge >= 0.3 is 0 Å². The van der Waals surface area contributed by atoms with E-state index < -0.39 is 0 Å². The van der Waals surface area contributed by atoms with Gasteiger partial charge in [-0.1, -0.05) is 19.1 Å². The van der Waals surface area contributed by atoms with Crippen LogP contribution in [0.2, 0.25) is 0 Å². The van der Waals surface area contributed by atoms with Crippen LogP contribution in [0.15, 0.2) is 24.3 Å². The molecule has 1 aliphatic heterocycles. The Kier molecular flexibility index (Phi) is 5.34. The largest absolute Gasteiger partial charge is 0.375 e. The van der Waals surface area contributed by atoms with Gasteiger partial charge in [0.1, 0.15) is 0 Å². The van der Waals surface area contributed by atoms with E-state index >= 15 is 0 Å². The van der Waals surface area contributed by atoms with Crippen LogP contribution >= 0.6 is 0 Å². The average molecular weight is 316 g/mol. The molecule has 1 aromatic rings. The van der Waals surface area contributed by atoms with Crippen molar-refractivity contribution >= 4 is 5.91 Å². The van der Waals surface area contributed by atoms with Crippen LogP contribution in [0.5, 0.6) is 0 Å². The highest BCUT2D eigenvalue weighted by Gasteiger charge is 2.42. The monoisotopic (exact) mass is 316 g/mol. The van der Waals surface area contributed by atoms with E-state index in [-0.39, 0.29) is 11.5 Å². The van der Waals surface area contributed by atoms with E-state index in [4.69, 9.17) is 4.74 Å². The molecule has 4 nitrogen and oxygen atoms in total. The zero-order valence-electron chi connectivity index (χ0n) is 14.1. The van der Waals surface area contributed by atoms with Crippen molar-refractivity contribution in [1.29, 1.82) is 0 Å². The molecule has 1 atom stereocenters. The second kappa shape index (κ2) is 7.45. The molecular formula is C19H28N2O2. The molecule has 0 bridgehead atoms. The van der Waals surface area contributed by atoms with Crippen molar-refractivity contribution in [2.75, 3.05) is 13.2 Å². The van der Waals surface area contributed by atoms with Crippen LogP contribution < -0.4 is 10.6 Å². The summed E-state index contributed by atoms with van der Waals surface area (Å²) >= 11 is 0. The minimum Gasteiger partial charge on any atom is -0.375 e. The van der Waals surface area contributed by atoms with E-state index in [1.165, 1.54) is 24.8 Å². The van der Waals surface area contributed by atoms with Crippen molar-refractivity contribution in [3.8, 4) is 0 Å². The molecule has 23 heavy (non-hydrogen) atoms. The number of carbonyl (C=O) groups excluding carboxylic acids is 1. The maximum Gasteiger partial charge on any atom is 0.251 e. The maximum atomic E-state index is 12.0. The van der Waals surface area contributed by atoms with Gasteiger partial charge in [0.2, 0.25) is 0 Å². The van der Waals surface area contributed by atoms with Crippen molar-refractivity contribution in [2.45, 2.75) is 63.6 Å². The van der Waals surface area contributed by atoms with E-state index in [2.05, 4.69) is 23.6 Å². The van der Waals surface area contributed by atoms with Crippen LogP contribution in [0.3, 0.4) is 0 Å². The number of hydrogen-bond donors (Lipinski definition) is 2. The van der Waals surface area contributed by atoms with Gasteiger partial charge in [-0.05, 0) is 56.2 Å². The molecule has 2 N–H and O–H groups in total. The Hall–Kier alpha value is -1.39. The molecule has 1 heterocycles. The maximum absolute atomic E-state index is 12.0. The average Bonchev–Trinajstić information content (AvgIpc) is 2.57. The highest BCUT2D eigenvalue weighted by Crippen LogP contribution is 2.42. The summed E-state index contributed by atoms with van der Waals surface area (Å²) in [4.78, 5) is 12.0. The summed E-state index contributed by atoms with van der Waals surface area (Å²) in [6, 6.07) is 8.46. The summed E-state index contributed by atoms with van der Waals surface area (Å²) in [6.07, 6.45) is 6.92. The highest BCUT2D eigenvalue weighted by molar-refractivity contribution is 5.94. The summed E-state index contributed by atoms with van der Waals surface area (Å²) < 4.78 is 5.98. The van der Waals surface area contributed by atoms with Crippen molar-refractivity contribution in [3.05, 3.63) is 35.4 Å². The molecule has 1 saturated carbocycles. The van der Waals surface area contributed by atoms with E-state index in [0.29, 0.717) is 6.04 Å².